The van der Waals surface area contributed by atoms with E-state index in [1.165, 1.54) is 11.3 Å². The van der Waals surface area contributed by atoms with E-state index in [-0.39, 0.29) is 12.3 Å². The van der Waals surface area contributed by atoms with Crippen molar-refractivity contribution >= 4 is 39.1 Å². The summed E-state index contributed by atoms with van der Waals surface area (Å²) < 4.78 is 0.986. The maximum atomic E-state index is 12.3. The van der Waals surface area contributed by atoms with Crippen LogP contribution in [-0.2, 0) is 16.0 Å². The molecule has 5 nitrogen and oxygen atoms in total. The third-order valence-electron chi connectivity index (χ3n) is 3.85. The standard InChI is InChI=1S/C16H15BrN2O3S/c17-12-3-1-2-10(6-12)15-18-13(9-23-15)7-14(20)19-5-4-11(8-19)16(21)22/h1-3,6,9,11H,4-5,7-8H2,(H,21,22)/t11-/m1/s1. The summed E-state index contributed by atoms with van der Waals surface area (Å²) in [5.41, 5.74) is 1.74. The minimum absolute atomic E-state index is 0.0557. The Balaban J connectivity index is 1.65. The minimum Gasteiger partial charge on any atom is -0.481 e. The molecule has 1 aromatic carbocycles. The molecule has 1 saturated heterocycles. The van der Waals surface area contributed by atoms with E-state index in [4.69, 9.17) is 5.11 Å². The summed E-state index contributed by atoms with van der Waals surface area (Å²) in [6.45, 7) is 0.815. The van der Waals surface area contributed by atoms with Crippen LogP contribution < -0.4 is 0 Å². The highest BCUT2D eigenvalue weighted by Crippen LogP contribution is 2.26. The number of hydrogen-bond donors (Lipinski definition) is 1. The van der Waals surface area contributed by atoms with Gasteiger partial charge in [-0.3, -0.25) is 9.59 Å². The maximum absolute atomic E-state index is 12.3. The van der Waals surface area contributed by atoms with Crippen molar-refractivity contribution < 1.29 is 14.7 Å². The van der Waals surface area contributed by atoms with Crippen LogP contribution in [0.5, 0.6) is 0 Å². The molecule has 2 heterocycles. The molecule has 2 aromatic rings. The number of rotatable bonds is 4. The van der Waals surface area contributed by atoms with E-state index >= 15 is 0 Å². The predicted molar refractivity (Wildman–Crippen MR) is 91.3 cm³/mol. The number of halogens is 1. The molecule has 0 spiro atoms. The van der Waals surface area contributed by atoms with Gasteiger partial charge < -0.3 is 10.0 Å². The second-order valence-corrected chi connectivity index (χ2v) is 7.27. The maximum Gasteiger partial charge on any atom is 0.308 e. The van der Waals surface area contributed by atoms with E-state index in [0.29, 0.717) is 19.5 Å². The molecule has 1 aromatic heterocycles. The number of aromatic nitrogens is 1. The molecule has 1 fully saturated rings. The Labute approximate surface area is 146 Å². The number of benzene rings is 1. The van der Waals surface area contributed by atoms with Crippen LogP contribution >= 0.6 is 27.3 Å². The first-order valence-electron chi connectivity index (χ1n) is 7.24. The number of amides is 1. The number of carbonyl (C=O) groups is 2. The average molecular weight is 395 g/mol. The van der Waals surface area contributed by atoms with E-state index in [2.05, 4.69) is 20.9 Å². The lowest BCUT2D eigenvalue weighted by atomic mass is 10.1. The molecule has 1 N–H and O–H groups in total. The fourth-order valence-electron chi connectivity index (χ4n) is 2.60. The molecular formula is C16H15BrN2O3S. The van der Waals surface area contributed by atoms with Crippen molar-refractivity contribution in [3.05, 3.63) is 39.8 Å². The van der Waals surface area contributed by atoms with Crippen molar-refractivity contribution in [3.8, 4) is 10.6 Å². The summed E-state index contributed by atoms with van der Waals surface area (Å²) in [5, 5.41) is 11.8. The summed E-state index contributed by atoms with van der Waals surface area (Å²) >= 11 is 4.94. The van der Waals surface area contributed by atoms with Gasteiger partial charge >= 0.3 is 5.97 Å². The predicted octanol–water partition coefficient (Wildman–Crippen LogP) is 3.05. The van der Waals surface area contributed by atoms with Gasteiger partial charge in [0, 0.05) is 28.5 Å². The van der Waals surface area contributed by atoms with Gasteiger partial charge in [0.2, 0.25) is 5.91 Å². The summed E-state index contributed by atoms with van der Waals surface area (Å²) in [4.78, 5) is 29.4. The summed E-state index contributed by atoms with van der Waals surface area (Å²) in [6.07, 6.45) is 0.748. The molecule has 0 aliphatic carbocycles. The summed E-state index contributed by atoms with van der Waals surface area (Å²) in [5.74, 6) is -1.32. The number of carboxylic acid groups (broad SMARTS) is 1. The van der Waals surface area contributed by atoms with Crippen molar-refractivity contribution in [2.45, 2.75) is 12.8 Å². The van der Waals surface area contributed by atoms with Gasteiger partial charge in [0.05, 0.1) is 18.0 Å². The Kier molecular flexibility index (Phi) is 4.77. The van der Waals surface area contributed by atoms with Crippen molar-refractivity contribution in [3.63, 3.8) is 0 Å². The van der Waals surface area contributed by atoms with Gasteiger partial charge in [-0.1, -0.05) is 28.1 Å². The van der Waals surface area contributed by atoms with Gasteiger partial charge in [-0.05, 0) is 18.6 Å². The molecule has 1 aliphatic heterocycles. The number of hydrogen-bond acceptors (Lipinski definition) is 4. The molecule has 120 valence electrons. The molecule has 1 amide bonds. The lowest BCUT2D eigenvalue weighted by Gasteiger charge is -2.14. The Morgan fingerprint density at radius 1 is 1.43 bits per heavy atom. The average Bonchev–Trinajstić information content (AvgIpc) is 3.16. The fraction of sp³-hybridized carbons (Fsp3) is 0.312. The lowest BCUT2D eigenvalue weighted by Crippen LogP contribution is -2.31. The Morgan fingerprint density at radius 3 is 2.96 bits per heavy atom. The Hall–Kier alpha value is -1.73. The van der Waals surface area contributed by atoms with Crippen molar-refractivity contribution in [2.24, 2.45) is 5.92 Å². The van der Waals surface area contributed by atoms with Crippen molar-refractivity contribution in [1.82, 2.24) is 9.88 Å². The quantitative estimate of drug-likeness (QED) is 0.864. The van der Waals surface area contributed by atoms with Gasteiger partial charge in [-0.2, -0.15) is 0 Å². The molecule has 0 bridgehead atoms. The van der Waals surface area contributed by atoms with Crippen LogP contribution in [0.1, 0.15) is 12.1 Å². The second-order valence-electron chi connectivity index (χ2n) is 5.49. The van der Waals surface area contributed by atoms with Crippen LogP contribution in [0.3, 0.4) is 0 Å². The molecule has 1 atom stereocenters. The molecule has 0 unspecified atom stereocenters. The third kappa shape index (κ3) is 3.79. The van der Waals surface area contributed by atoms with Crippen molar-refractivity contribution in [1.29, 1.82) is 0 Å². The normalized spacial score (nSPS) is 17.4. The summed E-state index contributed by atoms with van der Waals surface area (Å²) in [7, 11) is 0. The van der Waals surface area contributed by atoms with E-state index in [1.807, 2.05) is 29.6 Å². The molecule has 3 rings (SSSR count). The molecule has 1 aliphatic rings. The van der Waals surface area contributed by atoms with Crippen molar-refractivity contribution in [2.75, 3.05) is 13.1 Å². The molecule has 0 radical (unpaired) electrons. The smallest absolute Gasteiger partial charge is 0.308 e. The highest BCUT2D eigenvalue weighted by Gasteiger charge is 2.30. The van der Waals surface area contributed by atoms with E-state index in [0.717, 1.165) is 20.7 Å². The first-order chi connectivity index (χ1) is 11.0. The minimum atomic E-state index is -0.828. The topological polar surface area (TPSA) is 70.5 Å². The molecule has 23 heavy (non-hydrogen) atoms. The van der Waals surface area contributed by atoms with Gasteiger partial charge in [0.15, 0.2) is 0 Å². The third-order valence-corrected chi connectivity index (χ3v) is 5.28. The lowest BCUT2D eigenvalue weighted by molar-refractivity contribution is -0.141. The van der Waals surface area contributed by atoms with Gasteiger partial charge in [0.25, 0.3) is 0 Å². The van der Waals surface area contributed by atoms with E-state index in [1.54, 1.807) is 4.90 Å². The monoisotopic (exact) mass is 394 g/mol. The van der Waals surface area contributed by atoms with Crippen LogP contribution in [0.15, 0.2) is 34.1 Å². The number of thiazole rings is 1. The first-order valence-corrected chi connectivity index (χ1v) is 8.91. The number of carbonyl (C=O) groups excluding carboxylic acids is 1. The highest BCUT2D eigenvalue weighted by molar-refractivity contribution is 9.10. The van der Waals surface area contributed by atoms with E-state index < -0.39 is 11.9 Å². The largest absolute Gasteiger partial charge is 0.481 e. The summed E-state index contributed by atoms with van der Waals surface area (Å²) in [6, 6.07) is 7.87. The molecule has 0 saturated carbocycles. The second kappa shape index (κ2) is 6.80. The first kappa shape index (κ1) is 16.1. The van der Waals surface area contributed by atoms with Gasteiger partial charge in [-0.15, -0.1) is 11.3 Å². The number of aliphatic carboxylic acids is 1. The van der Waals surface area contributed by atoms with Crippen LogP contribution in [0.4, 0.5) is 0 Å². The van der Waals surface area contributed by atoms with Crippen LogP contribution in [0.25, 0.3) is 10.6 Å². The highest BCUT2D eigenvalue weighted by atomic mass is 79.9. The zero-order valence-corrected chi connectivity index (χ0v) is 14.6. The Morgan fingerprint density at radius 2 is 2.26 bits per heavy atom. The molecule has 7 heteroatoms. The van der Waals surface area contributed by atoms with E-state index in [9.17, 15) is 9.59 Å². The number of carboxylic acids is 1. The zero-order chi connectivity index (χ0) is 16.4. The van der Waals surface area contributed by atoms with Gasteiger partial charge in [0.1, 0.15) is 5.01 Å². The zero-order valence-electron chi connectivity index (χ0n) is 12.2. The van der Waals surface area contributed by atoms with Crippen LogP contribution in [0, 0.1) is 5.92 Å². The van der Waals surface area contributed by atoms with Crippen LogP contribution in [-0.4, -0.2) is 40.0 Å². The number of nitrogens with zero attached hydrogens (tertiary/aromatic N) is 2. The molecular weight excluding hydrogens is 380 g/mol. The number of likely N-dealkylation sites (tertiary alicyclic amines) is 1. The Bertz CT molecular complexity index is 746. The SMILES string of the molecule is O=C(O)[C@@H]1CCN(C(=O)Cc2csc(-c3cccc(Br)c3)n2)C1. The van der Waals surface area contributed by atoms with Crippen LogP contribution in [0.2, 0.25) is 0 Å². The van der Waals surface area contributed by atoms with Gasteiger partial charge in [-0.25, -0.2) is 4.98 Å². The fourth-order valence-corrected chi connectivity index (χ4v) is 3.81.